The number of likely N-dealkylation sites (tertiary alicyclic amines) is 1. The molecule has 21 heavy (non-hydrogen) atoms. The van der Waals surface area contributed by atoms with Crippen LogP contribution in [-0.2, 0) is 4.79 Å². The van der Waals surface area contributed by atoms with Crippen molar-refractivity contribution >= 4 is 33.4 Å². The number of carbonyl (C=O) groups excluding carboxylic acids is 1. The van der Waals surface area contributed by atoms with Crippen LogP contribution in [0.5, 0.6) is 0 Å². The van der Waals surface area contributed by atoms with Crippen LogP contribution in [0.15, 0.2) is 22.7 Å². The van der Waals surface area contributed by atoms with E-state index in [0.717, 1.165) is 22.9 Å². The summed E-state index contributed by atoms with van der Waals surface area (Å²) in [6.45, 7) is 4.94. The molecule has 1 aromatic carbocycles. The predicted octanol–water partition coefficient (Wildman–Crippen LogP) is 4.14. The third kappa shape index (κ3) is 3.99. The van der Waals surface area contributed by atoms with Crippen LogP contribution >= 0.6 is 27.5 Å². The molecule has 0 spiro atoms. The number of amides is 1. The first-order chi connectivity index (χ1) is 9.90. The van der Waals surface area contributed by atoms with E-state index in [1.165, 1.54) is 0 Å². The van der Waals surface area contributed by atoms with Gasteiger partial charge < -0.3 is 10.6 Å². The first-order valence-corrected chi connectivity index (χ1v) is 8.57. The van der Waals surface area contributed by atoms with Gasteiger partial charge in [0.2, 0.25) is 5.91 Å². The van der Waals surface area contributed by atoms with Crippen LogP contribution < -0.4 is 5.73 Å². The van der Waals surface area contributed by atoms with Crippen LogP contribution in [0.2, 0.25) is 5.02 Å². The van der Waals surface area contributed by atoms with Crippen LogP contribution in [0.25, 0.3) is 0 Å². The highest BCUT2D eigenvalue weighted by Gasteiger charge is 2.34. The summed E-state index contributed by atoms with van der Waals surface area (Å²) in [5, 5.41) is 0.669. The average Bonchev–Trinajstić information content (AvgIpc) is 2.53. The fourth-order valence-electron chi connectivity index (χ4n) is 2.93. The quantitative estimate of drug-likeness (QED) is 0.865. The molecule has 5 heteroatoms. The Balaban J connectivity index is 2.46. The number of hydrogen-bond acceptors (Lipinski definition) is 2. The summed E-state index contributed by atoms with van der Waals surface area (Å²) in [5.41, 5.74) is 7.33. The number of nitrogens with two attached hydrogens (primary N) is 1. The molecule has 1 saturated heterocycles. The van der Waals surface area contributed by atoms with Gasteiger partial charge in [-0.1, -0.05) is 41.4 Å². The van der Waals surface area contributed by atoms with Crippen LogP contribution in [0.1, 0.15) is 44.7 Å². The number of halogens is 2. The highest BCUT2D eigenvalue weighted by atomic mass is 79.9. The molecule has 0 radical (unpaired) electrons. The molecule has 1 fully saturated rings. The third-order valence-corrected chi connectivity index (χ3v) is 4.67. The third-order valence-electron chi connectivity index (χ3n) is 3.83. The summed E-state index contributed by atoms with van der Waals surface area (Å²) in [6, 6.07) is 5.52. The Morgan fingerprint density at radius 1 is 1.48 bits per heavy atom. The Hall–Kier alpha value is -0.580. The highest BCUT2D eigenvalue weighted by molar-refractivity contribution is 9.10. The monoisotopic (exact) mass is 372 g/mol. The van der Waals surface area contributed by atoms with Crippen molar-refractivity contribution in [3.05, 3.63) is 33.3 Å². The van der Waals surface area contributed by atoms with E-state index in [-0.39, 0.29) is 18.0 Å². The van der Waals surface area contributed by atoms with E-state index >= 15 is 0 Å². The molecule has 3 nitrogen and oxygen atoms in total. The SMILES string of the molecule is CC(C)CN1C(=O)CCCC(N)C1c1cc(Br)ccc1Cl. The van der Waals surface area contributed by atoms with Crippen LogP contribution in [0.3, 0.4) is 0 Å². The lowest BCUT2D eigenvalue weighted by Crippen LogP contribution is -2.44. The highest BCUT2D eigenvalue weighted by Crippen LogP contribution is 2.36. The van der Waals surface area contributed by atoms with Crippen molar-refractivity contribution in [2.75, 3.05) is 6.54 Å². The minimum atomic E-state index is -0.146. The standard InChI is InChI=1S/C16H22BrClN2O/c1-10(2)9-20-15(21)5-3-4-14(19)16(20)12-8-11(17)6-7-13(12)18/h6-8,10,14,16H,3-5,9,19H2,1-2H3. The van der Waals surface area contributed by atoms with Gasteiger partial charge in [-0.2, -0.15) is 0 Å². The summed E-state index contributed by atoms with van der Waals surface area (Å²) in [5.74, 6) is 0.574. The number of nitrogens with zero attached hydrogens (tertiary/aromatic N) is 1. The molecule has 0 aliphatic carbocycles. The summed E-state index contributed by atoms with van der Waals surface area (Å²) in [6.07, 6.45) is 2.26. The number of rotatable bonds is 3. The molecule has 2 atom stereocenters. The predicted molar refractivity (Wildman–Crippen MR) is 90.3 cm³/mol. The lowest BCUT2D eigenvalue weighted by molar-refractivity contribution is -0.133. The molecular formula is C16H22BrClN2O. The first-order valence-electron chi connectivity index (χ1n) is 7.40. The zero-order chi connectivity index (χ0) is 15.6. The second-order valence-electron chi connectivity index (χ2n) is 6.11. The Labute approximate surface area is 140 Å². The molecule has 0 bridgehead atoms. The molecule has 2 N–H and O–H groups in total. The fraction of sp³-hybridized carbons (Fsp3) is 0.562. The van der Waals surface area contributed by atoms with Gasteiger partial charge in [-0.25, -0.2) is 0 Å². The van der Waals surface area contributed by atoms with Gasteiger partial charge in [0.25, 0.3) is 0 Å². The van der Waals surface area contributed by atoms with E-state index < -0.39 is 0 Å². The van der Waals surface area contributed by atoms with E-state index in [1.54, 1.807) is 0 Å². The van der Waals surface area contributed by atoms with Crippen molar-refractivity contribution in [3.63, 3.8) is 0 Å². The summed E-state index contributed by atoms with van der Waals surface area (Å²) < 4.78 is 0.954. The lowest BCUT2D eigenvalue weighted by Gasteiger charge is -2.35. The van der Waals surface area contributed by atoms with Gasteiger partial charge in [0.05, 0.1) is 6.04 Å². The molecule has 1 aliphatic heterocycles. The Morgan fingerprint density at radius 2 is 2.19 bits per heavy atom. The van der Waals surface area contributed by atoms with Crippen molar-refractivity contribution in [1.82, 2.24) is 4.90 Å². The molecule has 0 aromatic heterocycles. The molecule has 1 heterocycles. The number of hydrogen-bond donors (Lipinski definition) is 1. The molecule has 2 rings (SSSR count). The van der Waals surface area contributed by atoms with Gasteiger partial charge in [0.15, 0.2) is 0 Å². The van der Waals surface area contributed by atoms with Gasteiger partial charge in [0, 0.05) is 28.5 Å². The summed E-state index contributed by atoms with van der Waals surface area (Å²) >= 11 is 9.87. The number of benzene rings is 1. The second-order valence-corrected chi connectivity index (χ2v) is 7.43. The second kappa shape index (κ2) is 7.12. The van der Waals surface area contributed by atoms with Gasteiger partial charge >= 0.3 is 0 Å². The zero-order valence-electron chi connectivity index (χ0n) is 12.5. The van der Waals surface area contributed by atoms with E-state index in [0.29, 0.717) is 23.9 Å². The average molecular weight is 374 g/mol. The molecular weight excluding hydrogens is 352 g/mol. The first kappa shape index (κ1) is 16.8. The fourth-order valence-corrected chi connectivity index (χ4v) is 3.53. The molecule has 1 aliphatic rings. The maximum absolute atomic E-state index is 12.5. The Bertz CT molecular complexity index is 521. The van der Waals surface area contributed by atoms with Crippen molar-refractivity contribution in [2.45, 2.75) is 45.2 Å². The molecule has 2 unspecified atom stereocenters. The molecule has 0 saturated carbocycles. The van der Waals surface area contributed by atoms with Crippen LogP contribution in [0.4, 0.5) is 0 Å². The summed E-state index contributed by atoms with van der Waals surface area (Å²) in [4.78, 5) is 14.4. The maximum atomic E-state index is 12.5. The minimum absolute atomic E-state index is 0.0815. The molecule has 116 valence electrons. The van der Waals surface area contributed by atoms with E-state index in [9.17, 15) is 4.79 Å². The van der Waals surface area contributed by atoms with Crippen LogP contribution in [-0.4, -0.2) is 23.4 Å². The number of carbonyl (C=O) groups is 1. The largest absolute Gasteiger partial charge is 0.334 e. The molecule has 1 aromatic rings. The van der Waals surface area contributed by atoms with Crippen molar-refractivity contribution in [1.29, 1.82) is 0 Å². The lowest BCUT2D eigenvalue weighted by atomic mass is 9.95. The molecule has 1 amide bonds. The topological polar surface area (TPSA) is 46.3 Å². The zero-order valence-corrected chi connectivity index (χ0v) is 14.8. The Kier molecular flexibility index (Phi) is 5.69. The maximum Gasteiger partial charge on any atom is 0.223 e. The van der Waals surface area contributed by atoms with Gasteiger partial charge in [-0.15, -0.1) is 0 Å². The normalized spacial score (nSPS) is 23.5. The van der Waals surface area contributed by atoms with Crippen molar-refractivity contribution in [2.24, 2.45) is 11.7 Å². The summed E-state index contributed by atoms with van der Waals surface area (Å²) in [7, 11) is 0. The van der Waals surface area contributed by atoms with Gasteiger partial charge in [-0.3, -0.25) is 4.79 Å². The van der Waals surface area contributed by atoms with Gasteiger partial charge in [0.1, 0.15) is 0 Å². The Morgan fingerprint density at radius 3 is 2.86 bits per heavy atom. The van der Waals surface area contributed by atoms with Crippen LogP contribution in [0, 0.1) is 5.92 Å². The van der Waals surface area contributed by atoms with Crippen molar-refractivity contribution < 1.29 is 4.79 Å². The smallest absolute Gasteiger partial charge is 0.223 e. The minimum Gasteiger partial charge on any atom is -0.334 e. The van der Waals surface area contributed by atoms with Crippen molar-refractivity contribution in [3.8, 4) is 0 Å². The van der Waals surface area contributed by atoms with E-state index in [2.05, 4.69) is 29.8 Å². The van der Waals surface area contributed by atoms with Gasteiger partial charge in [-0.05, 0) is 42.5 Å². The van der Waals surface area contributed by atoms with E-state index in [1.807, 2.05) is 23.1 Å². The van der Waals surface area contributed by atoms with E-state index in [4.69, 9.17) is 17.3 Å².